The number of amides is 2. The van der Waals surface area contributed by atoms with E-state index < -0.39 is 0 Å². The van der Waals surface area contributed by atoms with E-state index >= 15 is 0 Å². The van der Waals surface area contributed by atoms with E-state index in [0.29, 0.717) is 17.8 Å². The van der Waals surface area contributed by atoms with Crippen LogP contribution in [-0.4, -0.2) is 24.4 Å². The molecule has 0 spiro atoms. The largest absolute Gasteiger partial charge is 0.354 e. The first kappa shape index (κ1) is 10.2. The average Bonchev–Trinajstić information content (AvgIpc) is 2.75. The molecular formula is C10H12N2O2S. The van der Waals surface area contributed by atoms with Gasteiger partial charge in [-0.05, 0) is 23.9 Å². The van der Waals surface area contributed by atoms with Crippen molar-refractivity contribution >= 4 is 23.2 Å². The molecule has 2 amide bonds. The molecule has 0 aliphatic carbocycles. The third-order valence-corrected chi connectivity index (χ3v) is 3.31. The number of aryl methyl sites for hydroxylation is 1. The van der Waals surface area contributed by atoms with E-state index in [1.54, 1.807) is 0 Å². The molecule has 5 heteroatoms. The Morgan fingerprint density at radius 3 is 3.00 bits per heavy atom. The predicted molar refractivity (Wildman–Crippen MR) is 57.9 cm³/mol. The smallest absolute Gasteiger partial charge is 0.261 e. The fourth-order valence-electron chi connectivity index (χ4n) is 1.51. The zero-order valence-corrected chi connectivity index (χ0v) is 9.19. The van der Waals surface area contributed by atoms with Gasteiger partial charge in [0.25, 0.3) is 5.91 Å². The number of rotatable bonds is 2. The van der Waals surface area contributed by atoms with E-state index in [1.165, 1.54) is 11.3 Å². The van der Waals surface area contributed by atoms with Gasteiger partial charge in [0.2, 0.25) is 5.91 Å². The second-order valence-electron chi connectivity index (χ2n) is 3.67. The second-order valence-corrected chi connectivity index (χ2v) is 4.58. The molecule has 0 aromatic carbocycles. The number of thiophene rings is 1. The topological polar surface area (TPSA) is 58.2 Å². The van der Waals surface area contributed by atoms with Gasteiger partial charge in [-0.25, -0.2) is 0 Å². The van der Waals surface area contributed by atoms with Crippen LogP contribution in [0.15, 0.2) is 11.4 Å². The van der Waals surface area contributed by atoms with Crippen LogP contribution in [0, 0.1) is 6.92 Å². The lowest BCUT2D eigenvalue weighted by molar-refractivity contribution is -0.119. The van der Waals surface area contributed by atoms with Crippen LogP contribution in [-0.2, 0) is 4.79 Å². The summed E-state index contributed by atoms with van der Waals surface area (Å²) < 4.78 is 0. The third kappa shape index (κ3) is 2.36. The van der Waals surface area contributed by atoms with Gasteiger partial charge in [0.1, 0.15) is 0 Å². The Morgan fingerprint density at radius 2 is 2.47 bits per heavy atom. The van der Waals surface area contributed by atoms with E-state index in [2.05, 4.69) is 10.6 Å². The van der Waals surface area contributed by atoms with Crippen LogP contribution in [0.1, 0.15) is 21.7 Å². The Kier molecular flexibility index (Phi) is 2.73. The zero-order chi connectivity index (χ0) is 10.8. The summed E-state index contributed by atoms with van der Waals surface area (Å²) in [6.07, 6.45) is 0.385. The molecule has 80 valence electrons. The Hall–Kier alpha value is -1.36. The number of hydrogen-bond donors (Lipinski definition) is 2. The lowest BCUT2D eigenvalue weighted by Gasteiger charge is -2.08. The number of carbonyl (C=O) groups excluding carboxylic acids is 2. The molecule has 1 aromatic rings. The molecular weight excluding hydrogens is 212 g/mol. The molecule has 4 nitrogen and oxygen atoms in total. The normalized spacial score (nSPS) is 20.1. The summed E-state index contributed by atoms with van der Waals surface area (Å²) in [7, 11) is 0. The maximum atomic E-state index is 11.7. The van der Waals surface area contributed by atoms with Crippen LogP contribution in [0.4, 0.5) is 0 Å². The Bertz CT molecular complexity index is 400. The quantitative estimate of drug-likeness (QED) is 0.776. The molecule has 0 bridgehead atoms. The molecule has 1 aromatic heterocycles. The van der Waals surface area contributed by atoms with Crippen molar-refractivity contribution in [3.05, 3.63) is 21.9 Å². The first-order chi connectivity index (χ1) is 7.15. The highest BCUT2D eigenvalue weighted by Crippen LogP contribution is 2.14. The van der Waals surface area contributed by atoms with E-state index in [1.807, 2.05) is 18.4 Å². The van der Waals surface area contributed by atoms with Crippen LogP contribution in [0.5, 0.6) is 0 Å². The van der Waals surface area contributed by atoms with Gasteiger partial charge < -0.3 is 10.6 Å². The van der Waals surface area contributed by atoms with Crippen molar-refractivity contribution in [2.45, 2.75) is 19.4 Å². The van der Waals surface area contributed by atoms with Gasteiger partial charge in [0, 0.05) is 13.0 Å². The van der Waals surface area contributed by atoms with Gasteiger partial charge in [-0.15, -0.1) is 11.3 Å². The highest BCUT2D eigenvalue weighted by Gasteiger charge is 2.23. The highest BCUT2D eigenvalue weighted by molar-refractivity contribution is 7.12. The zero-order valence-electron chi connectivity index (χ0n) is 8.37. The van der Waals surface area contributed by atoms with E-state index in [4.69, 9.17) is 0 Å². The Labute approximate surface area is 91.7 Å². The molecule has 2 N–H and O–H groups in total. The molecule has 0 saturated carbocycles. The van der Waals surface area contributed by atoms with Gasteiger partial charge in [-0.1, -0.05) is 0 Å². The summed E-state index contributed by atoms with van der Waals surface area (Å²) in [5.74, 6) is -0.0859. The maximum absolute atomic E-state index is 11.7. The van der Waals surface area contributed by atoms with E-state index in [-0.39, 0.29) is 17.9 Å². The first-order valence-corrected chi connectivity index (χ1v) is 5.66. The number of hydrogen-bond acceptors (Lipinski definition) is 3. The second kappa shape index (κ2) is 4.02. The van der Waals surface area contributed by atoms with Crippen LogP contribution >= 0.6 is 11.3 Å². The maximum Gasteiger partial charge on any atom is 0.261 e. The average molecular weight is 224 g/mol. The molecule has 2 heterocycles. The van der Waals surface area contributed by atoms with Gasteiger partial charge in [-0.2, -0.15) is 0 Å². The first-order valence-electron chi connectivity index (χ1n) is 4.78. The molecule has 1 fully saturated rings. The number of nitrogens with one attached hydrogen (secondary N) is 2. The van der Waals surface area contributed by atoms with E-state index in [0.717, 1.165) is 5.56 Å². The summed E-state index contributed by atoms with van der Waals surface area (Å²) in [4.78, 5) is 23.3. The fraction of sp³-hybridized carbons (Fsp3) is 0.400. The van der Waals surface area contributed by atoms with Crippen LogP contribution in [0.2, 0.25) is 0 Å². The Balaban J connectivity index is 1.95. The fourth-order valence-corrected chi connectivity index (χ4v) is 2.31. The van der Waals surface area contributed by atoms with Gasteiger partial charge in [0.05, 0.1) is 10.9 Å². The molecule has 1 unspecified atom stereocenters. The minimum atomic E-state index is -0.0883. The molecule has 1 atom stereocenters. The summed E-state index contributed by atoms with van der Waals surface area (Å²) >= 11 is 1.42. The lowest BCUT2D eigenvalue weighted by atomic mass is 10.2. The van der Waals surface area contributed by atoms with Crippen LogP contribution < -0.4 is 10.6 Å². The minimum Gasteiger partial charge on any atom is -0.354 e. The highest BCUT2D eigenvalue weighted by atomic mass is 32.1. The van der Waals surface area contributed by atoms with Crippen molar-refractivity contribution in [1.29, 1.82) is 0 Å². The predicted octanol–water partition coefficient (Wildman–Crippen LogP) is 0.675. The summed E-state index contributed by atoms with van der Waals surface area (Å²) in [6, 6.07) is 1.79. The SMILES string of the molecule is Cc1csc(C(=O)NC2CNC(=O)C2)c1. The molecule has 2 rings (SSSR count). The summed E-state index contributed by atoms with van der Waals surface area (Å²) in [5.41, 5.74) is 1.09. The van der Waals surface area contributed by atoms with Crippen LogP contribution in [0.3, 0.4) is 0 Å². The standard InChI is InChI=1S/C10H12N2O2S/c1-6-2-8(15-5-6)10(14)12-7-3-9(13)11-4-7/h2,5,7H,3-4H2,1H3,(H,11,13)(H,12,14). The van der Waals surface area contributed by atoms with Crippen molar-refractivity contribution in [3.8, 4) is 0 Å². The van der Waals surface area contributed by atoms with Crippen molar-refractivity contribution in [2.24, 2.45) is 0 Å². The molecule has 1 aliphatic heterocycles. The third-order valence-electron chi connectivity index (χ3n) is 2.27. The van der Waals surface area contributed by atoms with Gasteiger partial charge in [-0.3, -0.25) is 9.59 Å². The van der Waals surface area contributed by atoms with Crippen molar-refractivity contribution in [1.82, 2.24) is 10.6 Å². The Morgan fingerprint density at radius 1 is 1.67 bits per heavy atom. The van der Waals surface area contributed by atoms with Crippen LogP contribution in [0.25, 0.3) is 0 Å². The summed E-state index contributed by atoms with van der Waals surface area (Å²) in [5, 5.41) is 7.45. The van der Waals surface area contributed by atoms with Crippen molar-refractivity contribution in [2.75, 3.05) is 6.54 Å². The molecule has 15 heavy (non-hydrogen) atoms. The van der Waals surface area contributed by atoms with Crippen molar-refractivity contribution in [3.63, 3.8) is 0 Å². The number of carbonyl (C=O) groups is 2. The summed E-state index contributed by atoms with van der Waals surface area (Å²) in [6.45, 7) is 2.49. The lowest BCUT2D eigenvalue weighted by Crippen LogP contribution is -2.35. The van der Waals surface area contributed by atoms with Crippen molar-refractivity contribution < 1.29 is 9.59 Å². The van der Waals surface area contributed by atoms with Gasteiger partial charge in [0.15, 0.2) is 0 Å². The minimum absolute atomic E-state index is 0.00246. The molecule has 1 saturated heterocycles. The van der Waals surface area contributed by atoms with E-state index in [9.17, 15) is 9.59 Å². The van der Waals surface area contributed by atoms with Gasteiger partial charge >= 0.3 is 0 Å². The molecule has 1 aliphatic rings. The monoisotopic (exact) mass is 224 g/mol. The molecule has 0 radical (unpaired) electrons.